The van der Waals surface area contributed by atoms with Crippen molar-refractivity contribution in [1.29, 1.82) is 0 Å². The van der Waals surface area contributed by atoms with Gasteiger partial charge in [0.1, 0.15) is 10.6 Å². The number of hydrogen-bond donors (Lipinski definition) is 2. The highest BCUT2D eigenvalue weighted by Crippen LogP contribution is 2.29. The maximum Gasteiger partial charge on any atom is 0.433 e. The summed E-state index contributed by atoms with van der Waals surface area (Å²) in [5.74, 6) is 0.0576. The van der Waals surface area contributed by atoms with Gasteiger partial charge in [-0.05, 0) is 37.4 Å². The third kappa shape index (κ3) is 3.72. The summed E-state index contributed by atoms with van der Waals surface area (Å²) in [5, 5.41) is 0. The van der Waals surface area contributed by atoms with Gasteiger partial charge in [-0.3, -0.25) is 4.98 Å². The van der Waals surface area contributed by atoms with Gasteiger partial charge in [0.2, 0.25) is 10.0 Å². The standard InChI is InChI=1S/C12H16F3N3O2S/c13-12(14,15)11-5-4-9(7-17-11)21(19,20)18-10-3-1-2-8(10)6-16/h4-5,7-8,10,18H,1-3,6,16H2. The second-order valence-electron chi connectivity index (χ2n) is 5.03. The van der Waals surface area contributed by atoms with Crippen LogP contribution in [0.1, 0.15) is 25.0 Å². The fourth-order valence-electron chi connectivity index (χ4n) is 2.45. The van der Waals surface area contributed by atoms with E-state index < -0.39 is 21.9 Å². The summed E-state index contributed by atoms with van der Waals surface area (Å²) in [5.41, 5.74) is 4.45. The fraction of sp³-hybridized carbons (Fsp3) is 0.583. The van der Waals surface area contributed by atoms with Crippen LogP contribution in [0.2, 0.25) is 0 Å². The summed E-state index contributed by atoms with van der Waals surface area (Å²) in [4.78, 5) is 2.88. The number of halogens is 3. The van der Waals surface area contributed by atoms with E-state index in [0.29, 0.717) is 19.0 Å². The molecule has 0 aromatic carbocycles. The Labute approximate surface area is 120 Å². The van der Waals surface area contributed by atoms with Crippen LogP contribution in [0.4, 0.5) is 13.2 Å². The number of aromatic nitrogens is 1. The molecule has 9 heteroatoms. The highest BCUT2D eigenvalue weighted by molar-refractivity contribution is 7.89. The third-order valence-electron chi connectivity index (χ3n) is 3.61. The second kappa shape index (κ2) is 5.90. The van der Waals surface area contributed by atoms with Gasteiger partial charge in [0, 0.05) is 12.2 Å². The monoisotopic (exact) mass is 323 g/mol. The lowest BCUT2D eigenvalue weighted by atomic mass is 10.1. The molecular formula is C12H16F3N3O2S. The molecule has 1 heterocycles. The number of nitrogens with two attached hydrogens (primary N) is 1. The largest absolute Gasteiger partial charge is 0.433 e. The first-order valence-electron chi connectivity index (χ1n) is 6.49. The van der Waals surface area contributed by atoms with Crippen molar-refractivity contribution in [3.05, 3.63) is 24.0 Å². The SMILES string of the molecule is NCC1CCCC1NS(=O)(=O)c1ccc(C(F)(F)F)nc1. The van der Waals surface area contributed by atoms with Gasteiger partial charge >= 0.3 is 6.18 Å². The van der Waals surface area contributed by atoms with Gasteiger partial charge in [-0.2, -0.15) is 13.2 Å². The first-order chi connectivity index (χ1) is 9.74. The van der Waals surface area contributed by atoms with Crippen LogP contribution in [0.5, 0.6) is 0 Å². The van der Waals surface area contributed by atoms with Crippen molar-refractivity contribution >= 4 is 10.0 Å². The van der Waals surface area contributed by atoms with Gasteiger partial charge < -0.3 is 5.73 Å². The predicted molar refractivity (Wildman–Crippen MR) is 69.7 cm³/mol. The first-order valence-corrected chi connectivity index (χ1v) is 7.98. The van der Waals surface area contributed by atoms with Crippen LogP contribution in [-0.4, -0.2) is 26.0 Å². The number of pyridine rings is 1. The van der Waals surface area contributed by atoms with Crippen molar-refractivity contribution in [1.82, 2.24) is 9.71 Å². The number of nitrogens with zero attached hydrogens (tertiary/aromatic N) is 1. The molecule has 1 aliphatic rings. The Kier molecular flexibility index (Phi) is 4.54. The Hall–Kier alpha value is -1.19. The molecule has 5 nitrogen and oxygen atoms in total. The number of alkyl halides is 3. The molecule has 2 rings (SSSR count). The van der Waals surface area contributed by atoms with E-state index in [2.05, 4.69) is 9.71 Å². The van der Waals surface area contributed by atoms with Crippen molar-refractivity contribution < 1.29 is 21.6 Å². The zero-order valence-electron chi connectivity index (χ0n) is 11.1. The van der Waals surface area contributed by atoms with Crippen molar-refractivity contribution in [2.24, 2.45) is 11.7 Å². The first kappa shape index (κ1) is 16.2. The van der Waals surface area contributed by atoms with Gasteiger partial charge in [0.25, 0.3) is 0 Å². The molecule has 0 spiro atoms. The summed E-state index contributed by atoms with van der Waals surface area (Å²) in [6.07, 6.45) is -1.48. The topological polar surface area (TPSA) is 85.1 Å². The molecule has 1 aliphatic carbocycles. The normalized spacial score (nSPS) is 23.4. The lowest BCUT2D eigenvalue weighted by Crippen LogP contribution is -2.39. The Morgan fingerprint density at radius 2 is 2.05 bits per heavy atom. The number of sulfonamides is 1. The number of rotatable bonds is 4. The average molecular weight is 323 g/mol. The summed E-state index contributed by atoms with van der Waals surface area (Å²) in [6, 6.07) is 1.29. The molecule has 3 N–H and O–H groups in total. The van der Waals surface area contributed by atoms with E-state index in [4.69, 9.17) is 5.73 Å². The molecule has 21 heavy (non-hydrogen) atoms. The molecule has 0 radical (unpaired) electrons. The highest BCUT2D eigenvalue weighted by Gasteiger charge is 2.34. The third-order valence-corrected chi connectivity index (χ3v) is 5.08. The quantitative estimate of drug-likeness (QED) is 0.879. The van der Waals surface area contributed by atoms with Gasteiger partial charge in [0.15, 0.2) is 0 Å². The van der Waals surface area contributed by atoms with E-state index in [-0.39, 0.29) is 16.9 Å². The van der Waals surface area contributed by atoms with Gasteiger partial charge in [-0.15, -0.1) is 0 Å². The molecule has 0 bridgehead atoms. The van der Waals surface area contributed by atoms with Crippen LogP contribution in [0, 0.1) is 5.92 Å². The highest BCUT2D eigenvalue weighted by atomic mass is 32.2. The van der Waals surface area contributed by atoms with E-state index in [1.807, 2.05) is 0 Å². The minimum atomic E-state index is -4.59. The van der Waals surface area contributed by atoms with Crippen molar-refractivity contribution in [3.63, 3.8) is 0 Å². The van der Waals surface area contributed by atoms with Crippen LogP contribution in [-0.2, 0) is 16.2 Å². The smallest absolute Gasteiger partial charge is 0.330 e. The van der Waals surface area contributed by atoms with Crippen LogP contribution < -0.4 is 10.5 Å². The number of nitrogens with one attached hydrogen (secondary N) is 1. The Morgan fingerprint density at radius 3 is 2.57 bits per heavy atom. The van der Waals surface area contributed by atoms with Crippen molar-refractivity contribution in [2.45, 2.75) is 36.4 Å². The number of hydrogen-bond acceptors (Lipinski definition) is 4. The lowest BCUT2D eigenvalue weighted by Gasteiger charge is -2.19. The van der Waals surface area contributed by atoms with Crippen LogP contribution in [0.25, 0.3) is 0 Å². The zero-order chi connectivity index (χ0) is 15.7. The Morgan fingerprint density at radius 1 is 1.33 bits per heavy atom. The molecule has 2 atom stereocenters. The molecule has 1 aromatic heterocycles. The van der Waals surface area contributed by atoms with E-state index in [1.165, 1.54) is 0 Å². The summed E-state index contributed by atoms with van der Waals surface area (Å²) in [6.45, 7) is 0.373. The van der Waals surface area contributed by atoms with Crippen LogP contribution >= 0.6 is 0 Å². The Bertz CT molecular complexity index is 587. The lowest BCUT2D eigenvalue weighted by molar-refractivity contribution is -0.141. The summed E-state index contributed by atoms with van der Waals surface area (Å²) < 4.78 is 64.0. The molecule has 1 saturated carbocycles. The molecule has 1 fully saturated rings. The Balaban J connectivity index is 2.16. The minimum absolute atomic E-state index is 0.0576. The average Bonchev–Trinajstić information content (AvgIpc) is 2.84. The van der Waals surface area contributed by atoms with E-state index >= 15 is 0 Å². The van der Waals surface area contributed by atoms with Gasteiger partial charge in [-0.1, -0.05) is 6.42 Å². The fourth-order valence-corrected chi connectivity index (χ4v) is 3.73. The van der Waals surface area contributed by atoms with Gasteiger partial charge in [0.05, 0.1) is 0 Å². The maximum absolute atomic E-state index is 12.4. The molecule has 0 saturated heterocycles. The summed E-state index contributed by atoms with van der Waals surface area (Å²) in [7, 11) is -3.88. The molecule has 2 unspecified atom stereocenters. The van der Waals surface area contributed by atoms with Crippen LogP contribution in [0.15, 0.2) is 23.2 Å². The molecule has 1 aromatic rings. The van der Waals surface area contributed by atoms with Crippen molar-refractivity contribution in [2.75, 3.05) is 6.54 Å². The zero-order valence-corrected chi connectivity index (χ0v) is 11.9. The van der Waals surface area contributed by atoms with Crippen molar-refractivity contribution in [3.8, 4) is 0 Å². The van der Waals surface area contributed by atoms with Crippen LogP contribution in [0.3, 0.4) is 0 Å². The maximum atomic E-state index is 12.4. The van der Waals surface area contributed by atoms with E-state index in [9.17, 15) is 21.6 Å². The van der Waals surface area contributed by atoms with E-state index in [1.54, 1.807) is 0 Å². The summed E-state index contributed by atoms with van der Waals surface area (Å²) >= 11 is 0. The molecule has 0 aliphatic heterocycles. The van der Waals surface area contributed by atoms with Gasteiger partial charge in [-0.25, -0.2) is 13.1 Å². The predicted octanol–water partition coefficient (Wildman–Crippen LogP) is 1.51. The molecule has 0 amide bonds. The molecular weight excluding hydrogens is 307 g/mol. The second-order valence-corrected chi connectivity index (χ2v) is 6.75. The van der Waals surface area contributed by atoms with E-state index in [0.717, 1.165) is 25.1 Å². The molecule has 118 valence electrons. The minimum Gasteiger partial charge on any atom is -0.330 e.